The molecule has 0 bridgehead atoms. The molecule has 96 valence electrons. The van der Waals surface area contributed by atoms with Gasteiger partial charge in [0.1, 0.15) is 5.82 Å². The standard InChI is InChI=1S/C14H21BrFN/c1-4-17-14(10(2)3)8-5-11-9-12(16)6-7-13(11)15/h6-7,9-10,14,17H,4-5,8H2,1-3H3. The molecular weight excluding hydrogens is 281 g/mol. The highest BCUT2D eigenvalue weighted by molar-refractivity contribution is 9.10. The van der Waals surface area contributed by atoms with Gasteiger partial charge in [-0.15, -0.1) is 0 Å². The van der Waals surface area contributed by atoms with Gasteiger partial charge in [-0.05, 0) is 49.1 Å². The van der Waals surface area contributed by atoms with Crippen LogP contribution in [0.2, 0.25) is 0 Å². The smallest absolute Gasteiger partial charge is 0.123 e. The van der Waals surface area contributed by atoms with Gasteiger partial charge in [-0.25, -0.2) is 4.39 Å². The van der Waals surface area contributed by atoms with Crippen molar-refractivity contribution in [2.75, 3.05) is 6.54 Å². The normalized spacial score (nSPS) is 13.1. The zero-order chi connectivity index (χ0) is 12.8. The van der Waals surface area contributed by atoms with Crippen molar-refractivity contribution in [1.82, 2.24) is 5.32 Å². The van der Waals surface area contributed by atoms with Crippen LogP contribution in [0.15, 0.2) is 22.7 Å². The average molecular weight is 302 g/mol. The van der Waals surface area contributed by atoms with Crippen LogP contribution in [0.3, 0.4) is 0 Å². The van der Waals surface area contributed by atoms with Gasteiger partial charge < -0.3 is 5.32 Å². The molecule has 17 heavy (non-hydrogen) atoms. The van der Waals surface area contributed by atoms with Gasteiger partial charge in [-0.2, -0.15) is 0 Å². The summed E-state index contributed by atoms with van der Waals surface area (Å²) in [7, 11) is 0. The van der Waals surface area contributed by atoms with Gasteiger partial charge in [0.25, 0.3) is 0 Å². The van der Waals surface area contributed by atoms with Crippen molar-refractivity contribution in [3.63, 3.8) is 0 Å². The minimum atomic E-state index is -0.159. The molecule has 0 aromatic heterocycles. The Bertz CT molecular complexity index is 352. The van der Waals surface area contributed by atoms with Crippen molar-refractivity contribution >= 4 is 15.9 Å². The molecule has 1 atom stereocenters. The first kappa shape index (κ1) is 14.7. The number of hydrogen-bond donors (Lipinski definition) is 1. The molecule has 0 fully saturated rings. The number of rotatable bonds is 6. The predicted molar refractivity (Wildman–Crippen MR) is 74.7 cm³/mol. The lowest BCUT2D eigenvalue weighted by Gasteiger charge is -2.22. The molecule has 0 aliphatic carbocycles. The second kappa shape index (κ2) is 7.12. The molecule has 0 aliphatic heterocycles. The van der Waals surface area contributed by atoms with E-state index in [4.69, 9.17) is 0 Å². The Hall–Kier alpha value is -0.410. The maximum Gasteiger partial charge on any atom is 0.123 e. The highest BCUT2D eigenvalue weighted by Gasteiger charge is 2.12. The fourth-order valence-electron chi connectivity index (χ4n) is 1.98. The molecule has 0 aliphatic rings. The van der Waals surface area contributed by atoms with Gasteiger partial charge in [-0.3, -0.25) is 0 Å². The summed E-state index contributed by atoms with van der Waals surface area (Å²) in [6.07, 6.45) is 1.93. The number of benzene rings is 1. The van der Waals surface area contributed by atoms with Gasteiger partial charge in [-0.1, -0.05) is 36.7 Å². The summed E-state index contributed by atoms with van der Waals surface area (Å²) >= 11 is 3.47. The highest BCUT2D eigenvalue weighted by atomic mass is 79.9. The van der Waals surface area contributed by atoms with Crippen LogP contribution in [-0.4, -0.2) is 12.6 Å². The van der Waals surface area contributed by atoms with Crippen LogP contribution >= 0.6 is 15.9 Å². The van der Waals surface area contributed by atoms with Gasteiger partial charge >= 0.3 is 0 Å². The topological polar surface area (TPSA) is 12.0 Å². The van der Waals surface area contributed by atoms with E-state index in [1.54, 1.807) is 12.1 Å². The molecule has 0 saturated carbocycles. The monoisotopic (exact) mass is 301 g/mol. The Morgan fingerprint density at radius 3 is 2.65 bits per heavy atom. The summed E-state index contributed by atoms with van der Waals surface area (Å²) in [4.78, 5) is 0. The quantitative estimate of drug-likeness (QED) is 0.832. The van der Waals surface area contributed by atoms with E-state index in [1.165, 1.54) is 6.07 Å². The van der Waals surface area contributed by atoms with E-state index < -0.39 is 0 Å². The SMILES string of the molecule is CCNC(CCc1cc(F)ccc1Br)C(C)C. The molecule has 0 amide bonds. The molecular formula is C14H21BrFN. The van der Waals surface area contributed by atoms with Gasteiger partial charge in [0.15, 0.2) is 0 Å². The van der Waals surface area contributed by atoms with E-state index >= 15 is 0 Å². The molecule has 1 aromatic carbocycles. The van der Waals surface area contributed by atoms with Crippen LogP contribution in [-0.2, 0) is 6.42 Å². The maximum atomic E-state index is 13.1. The number of hydrogen-bond acceptors (Lipinski definition) is 1. The largest absolute Gasteiger partial charge is 0.314 e. The molecule has 0 saturated heterocycles. The van der Waals surface area contributed by atoms with E-state index in [0.29, 0.717) is 12.0 Å². The fourth-order valence-corrected chi connectivity index (χ4v) is 2.42. The van der Waals surface area contributed by atoms with E-state index in [2.05, 4.69) is 42.0 Å². The van der Waals surface area contributed by atoms with Crippen molar-refractivity contribution in [2.24, 2.45) is 5.92 Å². The number of nitrogens with one attached hydrogen (secondary N) is 1. The van der Waals surface area contributed by atoms with Gasteiger partial charge in [0.05, 0.1) is 0 Å². The van der Waals surface area contributed by atoms with Gasteiger partial charge in [0, 0.05) is 10.5 Å². The Morgan fingerprint density at radius 1 is 1.35 bits per heavy atom. The summed E-state index contributed by atoms with van der Waals surface area (Å²) in [6.45, 7) is 7.53. The molecule has 0 spiro atoms. The minimum absolute atomic E-state index is 0.159. The lowest BCUT2D eigenvalue weighted by molar-refractivity contribution is 0.385. The third-order valence-corrected chi connectivity index (χ3v) is 3.78. The van der Waals surface area contributed by atoms with Crippen molar-refractivity contribution in [3.8, 4) is 0 Å². The lowest BCUT2D eigenvalue weighted by Crippen LogP contribution is -2.34. The first-order valence-electron chi connectivity index (χ1n) is 6.22. The summed E-state index contributed by atoms with van der Waals surface area (Å²) < 4.78 is 14.1. The van der Waals surface area contributed by atoms with E-state index in [-0.39, 0.29) is 5.82 Å². The van der Waals surface area contributed by atoms with E-state index in [9.17, 15) is 4.39 Å². The van der Waals surface area contributed by atoms with E-state index in [1.807, 2.05) is 0 Å². The fraction of sp³-hybridized carbons (Fsp3) is 0.571. The highest BCUT2D eigenvalue weighted by Crippen LogP contribution is 2.21. The lowest BCUT2D eigenvalue weighted by atomic mass is 9.96. The van der Waals surface area contributed by atoms with E-state index in [0.717, 1.165) is 29.4 Å². The Morgan fingerprint density at radius 2 is 2.06 bits per heavy atom. The van der Waals surface area contributed by atoms with Crippen LogP contribution in [0.1, 0.15) is 32.8 Å². The Kier molecular flexibility index (Phi) is 6.14. The van der Waals surface area contributed by atoms with Crippen LogP contribution < -0.4 is 5.32 Å². The first-order valence-corrected chi connectivity index (χ1v) is 7.01. The van der Waals surface area contributed by atoms with Crippen molar-refractivity contribution in [2.45, 2.75) is 39.7 Å². The van der Waals surface area contributed by atoms with Crippen molar-refractivity contribution in [3.05, 3.63) is 34.1 Å². The number of halogens is 2. The van der Waals surface area contributed by atoms with Crippen molar-refractivity contribution in [1.29, 1.82) is 0 Å². The maximum absolute atomic E-state index is 13.1. The average Bonchev–Trinajstić information content (AvgIpc) is 2.28. The van der Waals surface area contributed by atoms with Crippen molar-refractivity contribution < 1.29 is 4.39 Å². The zero-order valence-corrected chi connectivity index (χ0v) is 12.3. The number of aryl methyl sites for hydroxylation is 1. The zero-order valence-electron chi connectivity index (χ0n) is 10.8. The summed E-state index contributed by atoms with van der Waals surface area (Å²) in [5.74, 6) is 0.440. The molecule has 1 N–H and O–H groups in total. The molecule has 1 rings (SSSR count). The molecule has 1 nitrogen and oxygen atoms in total. The Labute approximate surface area is 112 Å². The van der Waals surface area contributed by atoms with Gasteiger partial charge in [0.2, 0.25) is 0 Å². The second-order valence-electron chi connectivity index (χ2n) is 4.68. The van der Waals surface area contributed by atoms with Crippen LogP contribution in [0, 0.1) is 11.7 Å². The summed E-state index contributed by atoms with van der Waals surface area (Å²) in [5.41, 5.74) is 1.05. The third kappa shape index (κ3) is 4.76. The third-order valence-electron chi connectivity index (χ3n) is 3.00. The molecule has 0 radical (unpaired) electrons. The minimum Gasteiger partial charge on any atom is -0.314 e. The summed E-state index contributed by atoms with van der Waals surface area (Å²) in [5, 5.41) is 3.48. The second-order valence-corrected chi connectivity index (χ2v) is 5.54. The molecule has 0 heterocycles. The van der Waals surface area contributed by atoms with Crippen LogP contribution in [0.5, 0.6) is 0 Å². The predicted octanol–water partition coefficient (Wildman–Crippen LogP) is 4.15. The first-order chi connectivity index (χ1) is 8.04. The summed E-state index contributed by atoms with van der Waals surface area (Å²) in [6, 6.07) is 5.38. The molecule has 1 unspecified atom stereocenters. The Balaban J connectivity index is 2.61. The molecule has 3 heteroatoms. The van der Waals surface area contributed by atoms with Crippen LogP contribution in [0.25, 0.3) is 0 Å². The van der Waals surface area contributed by atoms with Crippen LogP contribution in [0.4, 0.5) is 4.39 Å². The molecule has 1 aromatic rings.